The number of carbonyl (C=O) groups excluding carboxylic acids is 1. The Morgan fingerprint density at radius 2 is 2.33 bits per heavy atom. The molecule has 1 aromatic rings. The maximum atomic E-state index is 13.0. The number of carbonyl (C=O) groups is 1. The second-order valence-electron chi connectivity index (χ2n) is 5.04. The van der Waals surface area contributed by atoms with E-state index in [0.717, 1.165) is 6.42 Å². The average molecular weight is 267 g/mol. The van der Waals surface area contributed by atoms with Gasteiger partial charge in [0.15, 0.2) is 0 Å². The summed E-state index contributed by atoms with van der Waals surface area (Å²) in [4.78, 5) is 12.0. The lowest BCUT2D eigenvalue weighted by molar-refractivity contribution is 0.0949. The van der Waals surface area contributed by atoms with Crippen molar-refractivity contribution >= 4 is 17.7 Å². The summed E-state index contributed by atoms with van der Waals surface area (Å²) in [5.41, 5.74) is 1.24. The minimum absolute atomic E-state index is 0.110. The van der Waals surface area contributed by atoms with E-state index >= 15 is 0 Å². The van der Waals surface area contributed by atoms with E-state index < -0.39 is 0 Å². The van der Waals surface area contributed by atoms with Gasteiger partial charge in [0.1, 0.15) is 5.82 Å². The standard InChI is InChI=1S/C14H18FNOS/c1-10-8-11(15)4-5-12(10)13(17)16-9-14(2)6-3-7-18-14/h4-5,8H,3,6-7,9H2,1-2H3,(H,16,17). The van der Waals surface area contributed by atoms with Crippen LogP contribution in [0.3, 0.4) is 0 Å². The minimum Gasteiger partial charge on any atom is -0.351 e. The quantitative estimate of drug-likeness (QED) is 0.911. The third kappa shape index (κ3) is 3.05. The molecule has 0 spiro atoms. The lowest BCUT2D eigenvalue weighted by Crippen LogP contribution is -2.37. The van der Waals surface area contributed by atoms with Gasteiger partial charge in [0.05, 0.1) is 0 Å². The monoisotopic (exact) mass is 267 g/mol. The lowest BCUT2D eigenvalue weighted by Gasteiger charge is -2.23. The zero-order valence-corrected chi connectivity index (χ0v) is 11.6. The first-order valence-electron chi connectivity index (χ1n) is 6.18. The number of amides is 1. The minimum atomic E-state index is -0.303. The molecule has 0 bridgehead atoms. The van der Waals surface area contributed by atoms with Crippen molar-refractivity contribution in [3.63, 3.8) is 0 Å². The van der Waals surface area contributed by atoms with E-state index in [0.29, 0.717) is 17.7 Å². The van der Waals surface area contributed by atoms with Crippen LogP contribution in [0.1, 0.15) is 35.7 Å². The SMILES string of the molecule is Cc1cc(F)ccc1C(=O)NCC1(C)CCCS1. The van der Waals surface area contributed by atoms with Crippen molar-refractivity contribution in [1.29, 1.82) is 0 Å². The summed E-state index contributed by atoms with van der Waals surface area (Å²) >= 11 is 1.91. The van der Waals surface area contributed by atoms with Gasteiger partial charge in [-0.2, -0.15) is 11.8 Å². The highest BCUT2D eigenvalue weighted by molar-refractivity contribution is 8.00. The first-order valence-corrected chi connectivity index (χ1v) is 7.17. The fourth-order valence-corrected chi connectivity index (χ4v) is 3.46. The van der Waals surface area contributed by atoms with E-state index in [1.165, 1.54) is 24.3 Å². The Kier molecular flexibility index (Phi) is 3.95. The molecule has 1 fully saturated rings. The Balaban J connectivity index is 1.99. The number of aryl methyl sites for hydroxylation is 1. The maximum absolute atomic E-state index is 13.0. The summed E-state index contributed by atoms with van der Waals surface area (Å²) in [6, 6.07) is 4.26. The molecule has 0 aliphatic carbocycles. The Hall–Kier alpha value is -1.03. The van der Waals surface area contributed by atoms with Gasteiger partial charge in [0.25, 0.3) is 5.91 Å². The number of hydrogen-bond acceptors (Lipinski definition) is 2. The van der Waals surface area contributed by atoms with E-state index in [-0.39, 0.29) is 16.5 Å². The summed E-state index contributed by atoms with van der Waals surface area (Å²) in [6.45, 7) is 4.61. The summed E-state index contributed by atoms with van der Waals surface area (Å²) in [5, 5.41) is 2.96. The van der Waals surface area contributed by atoms with Gasteiger partial charge in [-0.15, -0.1) is 0 Å². The van der Waals surface area contributed by atoms with Crippen LogP contribution >= 0.6 is 11.8 Å². The molecule has 1 unspecified atom stereocenters. The van der Waals surface area contributed by atoms with Crippen LogP contribution in [0, 0.1) is 12.7 Å². The van der Waals surface area contributed by atoms with Crippen molar-refractivity contribution in [3.8, 4) is 0 Å². The summed E-state index contributed by atoms with van der Waals surface area (Å²) in [7, 11) is 0. The van der Waals surface area contributed by atoms with Gasteiger partial charge < -0.3 is 5.32 Å². The molecule has 1 N–H and O–H groups in total. The molecule has 1 aliphatic heterocycles. The van der Waals surface area contributed by atoms with E-state index in [2.05, 4.69) is 12.2 Å². The molecular formula is C14H18FNOS. The Morgan fingerprint density at radius 1 is 1.56 bits per heavy atom. The smallest absolute Gasteiger partial charge is 0.251 e. The topological polar surface area (TPSA) is 29.1 Å². The highest BCUT2D eigenvalue weighted by Crippen LogP contribution is 2.36. The van der Waals surface area contributed by atoms with Gasteiger partial charge in [-0.25, -0.2) is 4.39 Å². The molecule has 1 saturated heterocycles. The second kappa shape index (κ2) is 5.31. The van der Waals surface area contributed by atoms with Crippen LogP contribution in [-0.2, 0) is 0 Å². The molecule has 1 atom stereocenters. The van der Waals surface area contributed by atoms with Gasteiger partial charge in [-0.05, 0) is 56.2 Å². The van der Waals surface area contributed by atoms with Gasteiger partial charge in [0.2, 0.25) is 0 Å². The summed E-state index contributed by atoms with van der Waals surface area (Å²) in [6.07, 6.45) is 2.35. The lowest BCUT2D eigenvalue weighted by atomic mass is 10.0. The van der Waals surface area contributed by atoms with Gasteiger partial charge in [-0.1, -0.05) is 0 Å². The molecule has 4 heteroatoms. The first-order chi connectivity index (χ1) is 8.50. The molecule has 2 rings (SSSR count). The van der Waals surface area contributed by atoms with Crippen molar-refractivity contribution in [3.05, 3.63) is 35.1 Å². The van der Waals surface area contributed by atoms with E-state index in [1.807, 2.05) is 11.8 Å². The second-order valence-corrected chi connectivity index (χ2v) is 6.73. The molecule has 0 saturated carbocycles. The third-order valence-electron chi connectivity index (χ3n) is 3.36. The van der Waals surface area contributed by atoms with Crippen LogP contribution < -0.4 is 5.32 Å². The molecule has 1 heterocycles. The molecule has 1 aliphatic rings. The highest BCUT2D eigenvalue weighted by atomic mass is 32.2. The van der Waals surface area contributed by atoms with E-state index in [4.69, 9.17) is 0 Å². The number of rotatable bonds is 3. The molecule has 0 aromatic heterocycles. The van der Waals surface area contributed by atoms with Crippen LogP contribution in [-0.4, -0.2) is 23.0 Å². The average Bonchev–Trinajstić information content (AvgIpc) is 2.74. The largest absolute Gasteiger partial charge is 0.351 e. The fourth-order valence-electron chi connectivity index (χ4n) is 2.22. The summed E-state index contributed by atoms with van der Waals surface area (Å²) in [5.74, 6) is 0.755. The van der Waals surface area contributed by atoms with Crippen molar-refractivity contribution in [2.75, 3.05) is 12.3 Å². The van der Waals surface area contributed by atoms with Crippen molar-refractivity contribution < 1.29 is 9.18 Å². The third-order valence-corrected chi connectivity index (χ3v) is 4.89. The van der Waals surface area contributed by atoms with Crippen LogP contribution in [0.15, 0.2) is 18.2 Å². The Morgan fingerprint density at radius 3 is 2.94 bits per heavy atom. The molecular weight excluding hydrogens is 249 g/mol. The molecule has 18 heavy (non-hydrogen) atoms. The van der Waals surface area contributed by atoms with Crippen molar-refractivity contribution in [2.24, 2.45) is 0 Å². The highest BCUT2D eigenvalue weighted by Gasteiger charge is 2.29. The van der Waals surface area contributed by atoms with Crippen LogP contribution in [0.2, 0.25) is 0 Å². The normalized spacial score (nSPS) is 23.1. The molecule has 98 valence electrons. The fraction of sp³-hybridized carbons (Fsp3) is 0.500. The van der Waals surface area contributed by atoms with Gasteiger partial charge in [0, 0.05) is 16.9 Å². The van der Waals surface area contributed by atoms with E-state index in [1.54, 1.807) is 13.0 Å². The maximum Gasteiger partial charge on any atom is 0.251 e. The number of benzene rings is 1. The number of nitrogens with one attached hydrogen (secondary N) is 1. The van der Waals surface area contributed by atoms with Crippen molar-refractivity contribution in [2.45, 2.75) is 31.4 Å². The van der Waals surface area contributed by atoms with Crippen LogP contribution in [0.5, 0.6) is 0 Å². The molecule has 1 amide bonds. The molecule has 0 radical (unpaired) electrons. The number of thioether (sulfide) groups is 1. The van der Waals surface area contributed by atoms with Gasteiger partial charge >= 0.3 is 0 Å². The zero-order chi connectivity index (χ0) is 13.2. The van der Waals surface area contributed by atoms with E-state index in [9.17, 15) is 9.18 Å². The predicted octanol–water partition coefficient (Wildman–Crippen LogP) is 3.15. The number of hydrogen-bond donors (Lipinski definition) is 1. The van der Waals surface area contributed by atoms with Crippen molar-refractivity contribution in [1.82, 2.24) is 5.32 Å². The molecule has 2 nitrogen and oxygen atoms in total. The zero-order valence-electron chi connectivity index (χ0n) is 10.8. The summed E-state index contributed by atoms with van der Waals surface area (Å²) < 4.78 is 13.1. The Labute approximate surface area is 111 Å². The molecule has 1 aromatic carbocycles. The predicted molar refractivity (Wildman–Crippen MR) is 73.6 cm³/mol. The van der Waals surface area contributed by atoms with Crippen LogP contribution in [0.4, 0.5) is 4.39 Å². The number of halogens is 1. The van der Waals surface area contributed by atoms with Gasteiger partial charge in [-0.3, -0.25) is 4.79 Å². The first kappa shape index (κ1) is 13.4. The Bertz CT molecular complexity index is 455. The van der Waals surface area contributed by atoms with Crippen LogP contribution in [0.25, 0.3) is 0 Å².